The van der Waals surface area contributed by atoms with E-state index in [1.165, 1.54) is 6.92 Å². The number of nitrogens with zero attached hydrogens (tertiary/aromatic N) is 3. The summed E-state index contributed by atoms with van der Waals surface area (Å²) in [7, 11) is 0. The molecule has 0 spiro atoms. The molecule has 4 heterocycles. The van der Waals surface area contributed by atoms with Crippen LogP contribution in [0.4, 0.5) is 5.69 Å². The van der Waals surface area contributed by atoms with Gasteiger partial charge in [0.2, 0.25) is 17.7 Å². The molecule has 0 saturated carbocycles. The van der Waals surface area contributed by atoms with Crippen LogP contribution in [0.5, 0.6) is 11.5 Å². The number of aryl methyl sites for hydroxylation is 2. The average Bonchev–Trinajstić information content (AvgIpc) is 3.99. The lowest BCUT2D eigenvalue weighted by Gasteiger charge is -2.33. The van der Waals surface area contributed by atoms with Crippen molar-refractivity contribution in [1.82, 2.24) is 20.0 Å². The molecule has 3 atom stereocenters. The Bertz CT molecular complexity index is 2210. The van der Waals surface area contributed by atoms with Crippen molar-refractivity contribution < 1.29 is 28.7 Å². The number of Topliss-reactive ketones (excluding diaryl/α,β-unsaturated/α-hetero) is 1. The molecule has 3 fully saturated rings. The molecule has 4 aliphatic rings. The van der Waals surface area contributed by atoms with E-state index in [0.29, 0.717) is 68.8 Å². The summed E-state index contributed by atoms with van der Waals surface area (Å²) in [6.45, 7) is 11.6. The summed E-state index contributed by atoms with van der Waals surface area (Å²) < 4.78 is 6.58. The number of likely N-dealkylation sites (tertiary alicyclic amines) is 3. The molecule has 4 amide bonds. The molecule has 2 N–H and O–H groups in total. The molecule has 294 valence electrons. The van der Waals surface area contributed by atoms with Crippen molar-refractivity contribution in [3.63, 3.8) is 0 Å². The van der Waals surface area contributed by atoms with Gasteiger partial charge in [-0.1, -0.05) is 31.2 Å². The highest BCUT2D eigenvalue weighted by molar-refractivity contribution is 6.03. The van der Waals surface area contributed by atoms with E-state index in [2.05, 4.69) is 62.6 Å². The Balaban J connectivity index is 1.13. The molecule has 7 rings (SSSR count). The molecule has 0 radical (unpaired) electrons. The maximum absolute atomic E-state index is 14.1. The molecule has 11 heteroatoms. The zero-order valence-electron chi connectivity index (χ0n) is 33.2. The van der Waals surface area contributed by atoms with E-state index in [0.717, 1.165) is 63.3 Å². The molecular formula is C45H53N5O6. The van der Waals surface area contributed by atoms with E-state index in [-0.39, 0.29) is 30.0 Å². The van der Waals surface area contributed by atoms with E-state index >= 15 is 0 Å². The van der Waals surface area contributed by atoms with Crippen LogP contribution in [0, 0.1) is 13.8 Å². The number of carbonyl (C=O) groups is 5. The molecule has 3 saturated heterocycles. The van der Waals surface area contributed by atoms with E-state index in [9.17, 15) is 24.0 Å². The Morgan fingerprint density at radius 2 is 1.41 bits per heavy atom. The second-order valence-electron chi connectivity index (χ2n) is 15.5. The maximum Gasteiger partial charge on any atom is 0.252 e. The first-order chi connectivity index (χ1) is 27.0. The minimum atomic E-state index is -0.707. The summed E-state index contributed by atoms with van der Waals surface area (Å²) in [6.07, 6.45) is 6.83. The van der Waals surface area contributed by atoms with Crippen LogP contribution in [0.1, 0.15) is 98.3 Å². The smallest absolute Gasteiger partial charge is 0.252 e. The van der Waals surface area contributed by atoms with Gasteiger partial charge in [0, 0.05) is 59.9 Å². The minimum Gasteiger partial charge on any atom is -0.456 e. The zero-order chi connectivity index (χ0) is 39.7. The lowest BCUT2D eigenvalue weighted by atomic mass is 9.88. The van der Waals surface area contributed by atoms with Crippen LogP contribution in [0.25, 0.3) is 11.6 Å². The number of ketones is 1. The molecular weight excluding hydrogens is 707 g/mol. The Hall–Kier alpha value is -5.45. The Morgan fingerprint density at radius 3 is 2.09 bits per heavy atom. The van der Waals surface area contributed by atoms with Gasteiger partial charge in [-0.3, -0.25) is 24.0 Å². The van der Waals surface area contributed by atoms with Crippen LogP contribution >= 0.6 is 0 Å². The molecule has 11 nitrogen and oxygen atoms in total. The van der Waals surface area contributed by atoms with Crippen molar-refractivity contribution >= 4 is 46.7 Å². The molecule has 0 aliphatic carbocycles. The highest BCUT2D eigenvalue weighted by atomic mass is 16.5. The van der Waals surface area contributed by atoms with Crippen LogP contribution < -0.4 is 25.8 Å². The molecule has 0 aromatic heterocycles. The highest BCUT2D eigenvalue weighted by Gasteiger charge is 2.45. The Labute approximate surface area is 328 Å². The molecule has 3 aromatic carbocycles. The third kappa shape index (κ3) is 7.31. The van der Waals surface area contributed by atoms with E-state index in [1.54, 1.807) is 20.8 Å². The SMILES string of the molecule is CC/C=c1/cc2c(cc1C)=C(c1ccccc1C(=O)NCC(=O)N1CCCC1C(=O)N1CCCC1C(=O)N1CCCC1C(C)=O)c1cc(C)c(NCC)cc1O2. The summed E-state index contributed by atoms with van der Waals surface area (Å²) in [4.78, 5) is 72.7. The maximum atomic E-state index is 14.1. The van der Waals surface area contributed by atoms with E-state index in [4.69, 9.17) is 4.74 Å². The predicted molar refractivity (Wildman–Crippen MR) is 216 cm³/mol. The third-order valence-electron chi connectivity index (χ3n) is 11.8. The lowest BCUT2D eigenvalue weighted by molar-refractivity contribution is -0.150. The van der Waals surface area contributed by atoms with Gasteiger partial charge in [-0.05, 0) is 119 Å². The fourth-order valence-electron chi connectivity index (χ4n) is 9.02. The summed E-state index contributed by atoms with van der Waals surface area (Å²) in [6, 6.07) is 14.0. The fourth-order valence-corrected chi connectivity index (χ4v) is 9.02. The zero-order valence-corrected chi connectivity index (χ0v) is 33.2. The van der Waals surface area contributed by atoms with Gasteiger partial charge in [0.05, 0.1) is 12.6 Å². The fraction of sp³-hybridized carbons (Fsp3) is 0.444. The number of fused-ring (bicyclic) bond motifs is 2. The van der Waals surface area contributed by atoms with Crippen molar-refractivity contribution in [3.8, 4) is 11.5 Å². The van der Waals surface area contributed by atoms with Crippen molar-refractivity contribution in [2.24, 2.45) is 0 Å². The number of ether oxygens (including phenoxy) is 1. The standard InChI is InChI=1S/C45H53N5O6/c1-6-13-30-24-39-33(22-27(30)3)42(34-23-28(4)35(46-7-2)25-40(34)56-39)31-14-8-9-15-32(31)43(53)47-26-41(52)48-19-11-17-37(48)44(54)50-21-12-18-38(50)45(55)49-20-10-16-36(49)29(5)51/h8-9,13-15,22-25,36-38,46H,6-7,10-12,16-21,26H2,1-5H3,(H,47,53)/b30-13-. The quantitative estimate of drug-likeness (QED) is 0.243. The number of benzene rings is 3. The lowest BCUT2D eigenvalue weighted by Crippen LogP contribution is -2.55. The topological polar surface area (TPSA) is 128 Å². The number of carbonyl (C=O) groups excluding carboxylic acids is 5. The first-order valence-corrected chi connectivity index (χ1v) is 20.2. The van der Waals surface area contributed by atoms with Gasteiger partial charge in [-0.25, -0.2) is 0 Å². The van der Waals surface area contributed by atoms with Crippen LogP contribution in [0.2, 0.25) is 0 Å². The number of hydrogen-bond donors (Lipinski definition) is 2. The van der Waals surface area contributed by atoms with E-state index in [1.807, 2.05) is 24.3 Å². The van der Waals surface area contributed by atoms with Gasteiger partial charge >= 0.3 is 0 Å². The Morgan fingerprint density at radius 1 is 0.768 bits per heavy atom. The Kier molecular flexibility index (Phi) is 11.3. The van der Waals surface area contributed by atoms with Crippen molar-refractivity contribution in [2.75, 3.05) is 38.0 Å². The van der Waals surface area contributed by atoms with E-state index < -0.39 is 24.0 Å². The number of nitrogens with one attached hydrogen (secondary N) is 2. The molecule has 56 heavy (non-hydrogen) atoms. The minimum absolute atomic E-state index is 0.0338. The molecule has 3 unspecified atom stereocenters. The second kappa shape index (κ2) is 16.3. The first-order valence-electron chi connectivity index (χ1n) is 20.2. The van der Waals surface area contributed by atoms with Gasteiger partial charge < -0.3 is 30.1 Å². The van der Waals surface area contributed by atoms with Gasteiger partial charge in [0.15, 0.2) is 5.78 Å². The average molecular weight is 760 g/mol. The number of rotatable bonds is 10. The number of amides is 4. The summed E-state index contributed by atoms with van der Waals surface area (Å²) in [5.41, 5.74) is 6.00. The first kappa shape index (κ1) is 38.8. The van der Waals surface area contributed by atoms with Crippen molar-refractivity contribution in [3.05, 3.63) is 86.8 Å². The van der Waals surface area contributed by atoms with Crippen molar-refractivity contribution in [1.29, 1.82) is 0 Å². The molecule has 0 bridgehead atoms. The second-order valence-corrected chi connectivity index (χ2v) is 15.5. The monoisotopic (exact) mass is 759 g/mol. The van der Waals surface area contributed by atoms with Crippen LogP contribution in [0.15, 0.2) is 48.5 Å². The number of anilines is 1. The summed E-state index contributed by atoms with van der Waals surface area (Å²) in [5, 5.41) is 8.28. The van der Waals surface area contributed by atoms with Crippen LogP contribution in [0.3, 0.4) is 0 Å². The van der Waals surface area contributed by atoms with Gasteiger partial charge in [-0.15, -0.1) is 0 Å². The largest absolute Gasteiger partial charge is 0.456 e. The summed E-state index contributed by atoms with van der Waals surface area (Å²) >= 11 is 0. The van der Waals surface area contributed by atoms with Gasteiger partial charge in [0.1, 0.15) is 23.6 Å². The molecule has 4 aliphatic heterocycles. The third-order valence-corrected chi connectivity index (χ3v) is 11.8. The predicted octanol–water partition coefficient (Wildman–Crippen LogP) is 4.57. The van der Waals surface area contributed by atoms with Gasteiger partial charge in [-0.2, -0.15) is 0 Å². The highest BCUT2D eigenvalue weighted by Crippen LogP contribution is 2.40. The number of hydrogen-bond acceptors (Lipinski definition) is 7. The van der Waals surface area contributed by atoms with Crippen molar-refractivity contribution in [2.45, 2.75) is 97.7 Å². The van der Waals surface area contributed by atoms with Gasteiger partial charge in [0.25, 0.3) is 5.91 Å². The van der Waals surface area contributed by atoms with Crippen LogP contribution in [-0.2, 0) is 19.2 Å². The normalized spacial score (nSPS) is 20.4. The molecule has 3 aromatic rings. The van der Waals surface area contributed by atoms with Crippen LogP contribution in [-0.4, -0.2) is 95.0 Å². The summed E-state index contributed by atoms with van der Waals surface area (Å²) in [5.74, 6) is 0.206.